The monoisotopic (exact) mass is 166 g/mol. The number of thiol groups is 1. The molecule has 0 aliphatic rings. The van der Waals surface area contributed by atoms with Crippen molar-refractivity contribution in [2.45, 2.75) is 4.90 Å². The molecule has 1 N–H and O–H groups in total. The lowest BCUT2D eigenvalue weighted by Gasteiger charge is -1.94. The number of nitrogens with zero attached hydrogens (tertiary/aromatic N) is 1. The molecule has 0 radical (unpaired) electrons. The van der Waals surface area contributed by atoms with Crippen molar-refractivity contribution < 1.29 is 0 Å². The van der Waals surface area contributed by atoms with Gasteiger partial charge in [0.05, 0.1) is 4.90 Å². The predicted molar refractivity (Wildman–Crippen MR) is 45.3 cm³/mol. The third-order valence-electron chi connectivity index (χ3n) is 1.55. The Hall–Kier alpha value is -1.16. The molecule has 56 valence electrons. The summed E-state index contributed by atoms with van der Waals surface area (Å²) >= 11 is 3.99. The summed E-state index contributed by atoms with van der Waals surface area (Å²) in [5.41, 5.74) is 0.578. The number of H-pyrrole nitrogens is 1. The average molecular weight is 166 g/mol. The number of nitrogens with one attached hydrogen (secondary N) is 1. The summed E-state index contributed by atoms with van der Waals surface area (Å²) in [5.74, 6) is 0. The Labute approximate surface area is 68.1 Å². The van der Waals surface area contributed by atoms with Gasteiger partial charge in [-0.1, -0.05) is 0 Å². The van der Waals surface area contributed by atoms with Gasteiger partial charge in [0, 0.05) is 12.4 Å². The molecule has 0 spiro atoms. The molecule has 2 aromatic rings. The highest BCUT2D eigenvalue weighted by Gasteiger charge is 1.98. The van der Waals surface area contributed by atoms with Gasteiger partial charge >= 0.3 is 0 Å². The Morgan fingerprint density at radius 2 is 2.36 bits per heavy atom. The standard InChI is InChI=1S/C7H6N2OS/c10-7-5-2-1-3-9(5)8-4-6(7)11/h1-4,8,11H. The van der Waals surface area contributed by atoms with Crippen molar-refractivity contribution in [1.82, 2.24) is 9.61 Å². The minimum absolute atomic E-state index is 0.0444. The number of aromatic amines is 1. The van der Waals surface area contributed by atoms with E-state index < -0.39 is 0 Å². The summed E-state index contributed by atoms with van der Waals surface area (Å²) in [7, 11) is 0. The highest BCUT2D eigenvalue weighted by atomic mass is 32.1. The fourth-order valence-corrected chi connectivity index (χ4v) is 1.18. The molecular formula is C7H6N2OS. The number of fused-ring (bicyclic) bond motifs is 1. The van der Waals surface area contributed by atoms with E-state index in [0.717, 1.165) is 0 Å². The van der Waals surface area contributed by atoms with Crippen LogP contribution in [-0.2, 0) is 0 Å². The smallest absolute Gasteiger partial charge is 0.218 e. The summed E-state index contributed by atoms with van der Waals surface area (Å²) in [6.07, 6.45) is 3.35. The van der Waals surface area contributed by atoms with Gasteiger partial charge in [-0.05, 0) is 12.1 Å². The van der Waals surface area contributed by atoms with Crippen molar-refractivity contribution in [3.8, 4) is 0 Å². The van der Waals surface area contributed by atoms with Crippen LogP contribution >= 0.6 is 12.6 Å². The molecule has 2 aromatic heterocycles. The first-order valence-electron chi connectivity index (χ1n) is 3.17. The second kappa shape index (κ2) is 2.17. The fourth-order valence-electron chi connectivity index (χ4n) is 1.01. The second-order valence-electron chi connectivity index (χ2n) is 2.25. The largest absolute Gasteiger partial charge is 0.300 e. The number of aromatic nitrogens is 2. The van der Waals surface area contributed by atoms with E-state index in [-0.39, 0.29) is 5.43 Å². The SMILES string of the molecule is O=c1c(S)c[nH]n2cccc12. The Balaban J connectivity index is 3.05. The number of rotatable bonds is 0. The molecule has 3 nitrogen and oxygen atoms in total. The van der Waals surface area contributed by atoms with Crippen molar-refractivity contribution >= 4 is 18.1 Å². The molecule has 0 amide bonds. The van der Waals surface area contributed by atoms with Crippen LogP contribution in [0.1, 0.15) is 0 Å². The molecule has 0 aromatic carbocycles. The maximum Gasteiger partial charge on any atom is 0.218 e. The van der Waals surface area contributed by atoms with Crippen molar-refractivity contribution in [3.63, 3.8) is 0 Å². The van der Waals surface area contributed by atoms with Crippen molar-refractivity contribution in [2.75, 3.05) is 0 Å². The lowest BCUT2D eigenvalue weighted by molar-refractivity contribution is 0.911. The van der Waals surface area contributed by atoms with Gasteiger partial charge in [0.2, 0.25) is 5.43 Å². The molecule has 2 rings (SSSR count). The number of hydrogen-bond acceptors (Lipinski definition) is 2. The normalized spacial score (nSPS) is 10.6. The summed E-state index contributed by atoms with van der Waals surface area (Å²) in [6.45, 7) is 0. The maximum atomic E-state index is 11.3. The molecule has 0 aliphatic heterocycles. The fraction of sp³-hybridized carbons (Fsp3) is 0. The van der Waals surface area contributed by atoms with Gasteiger partial charge in [0.15, 0.2) is 0 Å². The first-order chi connectivity index (χ1) is 5.29. The molecule has 0 fully saturated rings. The van der Waals surface area contributed by atoms with E-state index in [0.29, 0.717) is 10.4 Å². The van der Waals surface area contributed by atoms with E-state index in [4.69, 9.17) is 0 Å². The zero-order valence-corrected chi connectivity index (χ0v) is 6.51. The second-order valence-corrected chi connectivity index (χ2v) is 2.73. The van der Waals surface area contributed by atoms with Gasteiger partial charge in [0.1, 0.15) is 5.52 Å². The van der Waals surface area contributed by atoms with Crippen molar-refractivity contribution in [2.24, 2.45) is 0 Å². The van der Waals surface area contributed by atoms with Crippen LogP contribution in [-0.4, -0.2) is 9.61 Å². The van der Waals surface area contributed by atoms with Crippen LogP contribution in [0.15, 0.2) is 34.2 Å². The van der Waals surface area contributed by atoms with Gasteiger partial charge in [0.25, 0.3) is 0 Å². The molecule has 0 bridgehead atoms. The predicted octanol–water partition coefficient (Wildman–Crippen LogP) is 0.916. The molecular weight excluding hydrogens is 160 g/mol. The number of hydrogen-bond donors (Lipinski definition) is 2. The van der Waals surface area contributed by atoms with E-state index >= 15 is 0 Å². The van der Waals surface area contributed by atoms with E-state index in [2.05, 4.69) is 17.7 Å². The lowest BCUT2D eigenvalue weighted by atomic mass is 10.4. The van der Waals surface area contributed by atoms with Crippen LogP contribution in [0.25, 0.3) is 5.52 Å². The van der Waals surface area contributed by atoms with Crippen LogP contribution in [0.3, 0.4) is 0 Å². The summed E-state index contributed by atoms with van der Waals surface area (Å²) < 4.78 is 1.65. The first kappa shape index (κ1) is 6.54. The minimum Gasteiger partial charge on any atom is -0.300 e. The Bertz CT molecular complexity index is 443. The highest BCUT2D eigenvalue weighted by Crippen LogP contribution is 2.00. The van der Waals surface area contributed by atoms with Gasteiger partial charge in [-0.15, -0.1) is 12.6 Å². The van der Waals surface area contributed by atoms with E-state index in [9.17, 15) is 4.79 Å². The topological polar surface area (TPSA) is 37.3 Å². The molecule has 4 heteroatoms. The van der Waals surface area contributed by atoms with E-state index in [1.165, 1.54) is 0 Å². The molecule has 0 saturated heterocycles. The maximum absolute atomic E-state index is 11.3. The van der Waals surface area contributed by atoms with Crippen LogP contribution in [0, 0.1) is 0 Å². The zero-order chi connectivity index (χ0) is 7.84. The summed E-state index contributed by atoms with van der Waals surface area (Å²) in [6, 6.07) is 3.55. The van der Waals surface area contributed by atoms with Crippen LogP contribution < -0.4 is 5.43 Å². The van der Waals surface area contributed by atoms with Gasteiger partial charge in [-0.25, -0.2) is 0 Å². The highest BCUT2D eigenvalue weighted by molar-refractivity contribution is 7.80. The van der Waals surface area contributed by atoms with E-state index in [1.807, 2.05) is 0 Å². The first-order valence-corrected chi connectivity index (χ1v) is 3.61. The Morgan fingerprint density at radius 3 is 3.18 bits per heavy atom. The minimum atomic E-state index is -0.0444. The molecule has 0 atom stereocenters. The molecule has 0 saturated carbocycles. The van der Waals surface area contributed by atoms with Gasteiger partial charge < -0.3 is 5.10 Å². The molecule has 11 heavy (non-hydrogen) atoms. The molecule has 0 unspecified atom stereocenters. The Morgan fingerprint density at radius 1 is 1.55 bits per heavy atom. The van der Waals surface area contributed by atoms with Gasteiger partial charge in [-0.3, -0.25) is 9.31 Å². The zero-order valence-electron chi connectivity index (χ0n) is 5.61. The quantitative estimate of drug-likeness (QED) is 0.561. The lowest BCUT2D eigenvalue weighted by Crippen LogP contribution is -2.07. The molecule has 2 heterocycles. The van der Waals surface area contributed by atoms with E-state index in [1.54, 1.807) is 29.0 Å². The van der Waals surface area contributed by atoms with Crippen LogP contribution in [0.5, 0.6) is 0 Å². The van der Waals surface area contributed by atoms with Crippen LogP contribution in [0.2, 0.25) is 0 Å². The molecule has 0 aliphatic carbocycles. The Kier molecular flexibility index (Phi) is 1.29. The third kappa shape index (κ3) is 0.867. The van der Waals surface area contributed by atoms with Crippen LogP contribution in [0.4, 0.5) is 0 Å². The van der Waals surface area contributed by atoms with Crippen molar-refractivity contribution in [3.05, 3.63) is 34.7 Å². The van der Waals surface area contributed by atoms with Crippen molar-refractivity contribution in [1.29, 1.82) is 0 Å². The average Bonchev–Trinajstić information content (AvgIpc) is 2.45. The third-order valence-corrected chi connectivity index (χ3v) is 1.89. The van der Waals surface area contributed by atoms with Gasteiger partial charge in [-0.2, -0.15) is 0 Å². The summed E-state index contributed by atoms with van der Waals surface area (Å²) in [5, 5.41) is 2.88. The summed E-state index contributed by atoms with van der Waals surface area (Å²) in [4.78, 5) is 11.7.